The smallest absolute Gasteiger partial charge is 0.253 e. The van der Waals surface area contributed by atoms with Gasteiger partial charge in [-0.2, -0.15) is 0 Å². The Morgan fingerprint density at radius 1 is 1.38 bits per heavy atom. The van der Waals surface area contributed by atoms with Crippen LogP contribution in [-0.4, -0.2) is 11.4 Å². The van der Waals surface area contributed by atoms with Gasteiger partial charge in [0.05, 0.1) is 11.3 Å². The summed E-state index contributed by atoms with van der Waals surface area (Å²) in [5.41, 5.74) is 3.76. The molecule has 0 bridgehead atoms. The van der Waals surface area contributed by atoms with E-state index in [2.05, 4.69) is 17.7 Å². The van der Waals surface area contributed by atoms with Crippen molar-refractivity contribution in [3.63, 3.8) is 0 Å². The van der Waals surface area contributed by atoms with Gasteiger partial charge in [-0.3, -0.25) is 10.6 Å². The standard InChI is InChI=1S/C12H17N3O/c1-12(7-4-8-12)14-11(16)9-5-2-3-6-10(9)15-13/h2-3,5-6,15H,4,7-8,13H2,1H3,(H,14,16). The molecule has 0 saturated heterocycles. The normalized spacial score (nSPS) is 17.4. The molecule has 4 nitrogen and oxygen atoms in total. The highest BCUT2D eigenvalue weighted by Gasteiger charge is 2.33. The number of hydrogen-bond donors (Lipinski definition) is 3. The molecule has 16 heavy (non-hydrogen) atoms. The molecule has 4 heteroatoms. The molecular formula is C12H17N3O. The third kappa shape index (κ3) is 2.02. The summed E-state index contributed by atoms with van der Waals surface area (Å²) >= 11 is 0. The summed E-state index contributed by atoms with van der Waals surface area (Å²) in [5.74, 6) is 5.31. The number of para-hydroxylation sites is 1. The van der Waals surface area contributed by atoms with Gasteiger partial charge in [-0.25, -0.2) is 0 Å². The zero-order valence-corrected chi connectivity index (χ0v) is 9.42. The van der Waals surface area contributed by atoms with Gasteiger partial charge in [-0.05, 0) is 38.3 Å². The van der Waals surface area contributed by atoms with Crippen molar-refractivity contribution >= 4 is 11.6 Å². The van der Waals surface area contributed by atoms with Gasteiger partial charge in [-0.15, -0.1) is 0 Å². The third-order valence-corrected chi connectivity index (χ3v) is 3.20. The van der Waals surface area contributed by atoms with Crippen molar-refractivity contribution in [1.29, 1.82) is 0 Å². The van der Waals surface area contributed by atoms with E-state index in [0.29, 0.717) is 11.3 Å². The Bertz CT molecular complexity index is 399. The summed E-state index contributed by atoms with van der Waals surface area (Å²) < 4.78 is 0. The number of anilines is 1. The number of hydrogen-bond acceptors (Lipinski definition) is 3. The van der Waals surface area contributed by atoms with Gasteiger partial charge in [0.1, 0.15) is 0 Å². The molecule has 0 aromatic heterocycles. The lowest BCUT2D eigenvalue weighted by molar-refractivity contribution is 0.0851. The van der Waals surface area contributed by atoms with Crippen LogP contribution in [0.1, 0.15) is 36.5 Å². The molecule has 1 saturated carbocycles. The second-order valence-electron chi connectivity index (χ2n) is 4.56. The number of nitrogen functional groups attached to an aromatic ring is 1. The molecule has 1 aliphatic carbocycles. The van der Waals surface area contributed by atoms with E-state index in [9.17, 15) is 4.79 Å². The highest BCUT2D eigenvalue weighted by atomic mass is 16.1. The Morgan fingerprint density at radius 2 is 2.06 bits per heavy atom. The molecular weight excluding hydrogens is 202 g/mol. The zero-order chi connectivity index (χ0) is 11.6. The average molecular weight is 219 g/mol. The molecule has 86 valence electrons. The van der Waals surface area contributed by atoms with E-state index in [1.165, 1.54) is 6.42 Å². The molecule has 4 N–H and O–H groups in total. The minimum atomic E-state index is -0.0595. The summed E-state index contributed by atoms with van der Waals surface area (Å²) in [6.07, 6.45) is 3.29. The lowest BCUT2D eigenvalue weighted by Crippen LogP contribution is -2.51. The maximum absolute atomic E-state index is 12.0. The maximum Gasteiger partial charge on any atom is 0.253 e. The Hall–Kier alpha value is -1.55. The van der Waals surface area contributed by atoms with E-state index < -0.39 is 0 Å². The van der Waals surface area contributed by atoms with Crippen LogP contribution in [0.3, 0.4) is 0 Å². The number of rotatable bonds is 3. The average Bonchev–Trinajstić information content (AvgIpc) is 2.26. The van der Waals surface area contributed by atoms with Gasteiger partial charge in [0.2, 0.25) is 0 Å². The van der Waals surface area contributed by atoms with E-state index in [0.717, 1.165) is 12.8 Å². The van der Waals surface area contributed by atoms with Crippen LogP contribution in [0.15, 0.2) is 24.3 Å². The second kappa shape index (κ2) is 4.14. The van der Waals surface area contributed by atoms with E-state index >= 15 is 0 Å². The Labute approximate surface area is 95.2 Å². The van der Waals surface area contributed by atoms with Gasteiger partial charge in [0.15, 0.2) is 0 Å². The quantitative estimate of drug-likeness (QED) is 0.535. The van der Waals surface area contributed by atoms with Gasteiger partial charge in [0, 0.05) is 5.54 Å². The van der Waals surface area contributed by atoms with Crippen LogP contribution in [0, 0.1) is 0 Å². The highest BCUT2D eigenvalue weighted by molar-refractivity contribution is 5.99. The van der Waals surface area contributed by atoms with Crippen LogP contribution in [0.2, 0.25) is 0 Å². The van der Waals surface area contributed by atoms with E-state index in [1.54, 1.807) is 12.1 Å². The molecule has 2 rings (SSSR count). The summed E-state index contributed by atoms with van der Waals surface area (Å²) in [6, 6.07) is 7.24. The first kappa shape index (κ1) is 11.0. The van der Waals surface area contributed by atoms with Crippen LogP contribution < -0.4 is 16.6 Å². The van der Waals surface area contributed by atoms with Crippen LogP contribution in [0.4, 0.5) is 5.69 Å². The first-order valence-electron chi connectivity index (χ1n) is 5.53. The second-order valence-corrected chi connectivity index (χ2v) is 4.56. The van der Waals surface area contributed by atoms with Crippen LogP contribution in [0.5, 0.6) is 0 Å². The fraction of sp³-hybridized carbons (Fsp3) is 0.417. The van der Waals surface area contributed by atoms with E-state index in [1.807, 2.05) is 12.1 Å². The van der Waals surface area contributed by atoms with Gasteiger partial charge in [0.25, 0.3) is 5.91 Å². The number of carbonyl (C=O) groups is 1. The zero-order valence-electron chi connectivity index (χ0n) is 9.42. The minimum absolute atomic E-state index is 0.0290. The molecule has 0 atom stereocenters. The monoisotopic (exact) mass is 219 g/mol. The molecule has 0 spiro atoms. The van der Waals surface area contributed by atoms with Crippen LogP contribution in [0.25, 0.3) is 0 Å². The number of amides is 1. The minimum Gasteiger partial charge on any atom is -0.347 e. The third-order valence-electron chi connectivity index (χ3n) is 3.20. The molecule has 1 amide bonds. The molecule has 0 heterocycles. The van der Waals surface area contributed by atoms with Crippen molar-refractivity contribution in [2.24, 2.45) is 5.84 Å². The highest BCUT2D eigenvalue weighted by Crippen LogP contribution is 2.31. The molecule has 0 aliphatic heterocycles. The Kier molecular flexibility index (Phi) is 2.83. The number of nitrogens with one attached hydrogen (secondary N) is 2. The van der Waals surface area contributed by atoms with Crippen molar-refractivity contribution in [2.45, 2.75) is 31.7 Å². The van der Waals surface area contributed by atoms with Crippen molar-refractivity contribution in [3.05, 3.63) is 29.8 Å². The molecule has 1 aromatic rings. The summed E-state index contributed by atoms with van der Waals surface area (Å²) in [6.45, 7) is 2.08. The fourth-order valence-electron chi connectivity index (χ4n) is 1.98. The lowest BCUT2D eigenvalue weighted by Gasteiger charge is -2.39. The predicted octanol–water partition coefficient (Wildman–Crippen LogP) is 1.64. The van der Waals surface area contributed by atoms with Gasteiger partial charge >= 0.3 is 0 Å². The molecule has 1 aliphatic rings. The molecule has 0 radical (unpaired) electrons. The summed E-state index contributed by atoms with van der Waals surface area (Å²) in [4.78, 5) is 12.0. The molecule has 1 aromatic carbocycles. The Morgan fingerprint density at radius 3 is 2.62 bits per heavy atom. The number of benzene rings is 1. The van der Waals surface area contributed by atoms with E-state index in [4.69, 9.17) is 5.84 Å². The number of hydrazine groups is 1. The van der Waals surface area contributed by atoms with Crippen molar-refractivity contribution < 1.29 is 4.79 Å². The van der Waals surface area contributed by atoms with Gasteiger partial charge in [-0.1, -0.05) is 12.1 Å². The predicted molar refractivity (Wildman–Crippen MR) is 64.0 cm³/mol. The Balaban J connectivity index is 2.14. The van der Waals surface area contributed by atoms with Crippen molar-refractivity contribution in [1.82, 2.24) is 5.32 Å². The lowest BCUT2D eigenvalue weighted by atomic mass is 9.78. The SMILES string of the molecule is CC1(NC(=O)c2ccccc2NN)CCC1. The fourth-order valence-corrected chi connectivity index (χ4v) is 1.98. The number of carbonyl (C=O) groups excluding carboxylic acids is 1. The number of nitrogens with two attached hydrogens (primary N) is 1. The first-order valence-corrected chi connectivity index (χ1v) is 5.53. The summed E-state index contributed by atoms with van der Waals surface area (Å²) in [5, 5.41) is 3.05. The molecule has 0 unspecified atom stereocenters. The van der Waals surface area contributed by atoms with Crippen LogP contribution in [-0.2, 0) is 0 Å². The first-order chi connectivity index (χ1) is 7.64. The van der Waals surface area contributed by atoms with Crippen molar-refractivity contribution in [3.8, 4) is 0 Å². The van der Waals surface area contributed by atoms with Crippen LogP contribution >= 0.6 is 0 Å². The maximum atomic E-state index is 12.0. The summed E-state index contributed by atoms with van der Waals surface area (Å²) in [7, 11) is 0. The largest absolute Gasteiger partial charge is 0.347 e. The van der Waals surface area contributed by atoms with E-state index in [-0.39, 0.29) is 11.4 Å². The topological polar surface area (TPSA) is 67.2 Å². The van der Waals surface area contributed by atoms with Gasteiger partial charge < -0.3 is 10.7 Å². The van der Waals surface area contributed by atoms with Crippen molar-refractivity contribution in [2.75, 3.05) is 5.43 Å². The molecule has 1 fully saturated rings.